The first-order valence-corrected chi connectivity index (χ1v) is 7.42. The molecule has 0 aliphatic heterocycles. The van der Waals surface area contributed by atoms with E-state index in [9.17, 15) is 4.79 Å². The number of amides is 1. The molecule has 110 valence electrons. The highest BCUT2D eigenvalue weighted by molar-refractivity contribution is 6.30. The number of rotatable bonds is 6. The average molecular weight is 324 g/mol. The van der Waals surface area contributed by atoms with E-state index in [2.05, 4.69) is 5.32 Å². The van der Waals surface area contributed by atoms with Crippen molar-refractivity contribution in [3.63, 3.8) is 0 Å². The van der Waals surface area contributed by atoms with Gasteiger partial charge in [-0.15, -0.1) is 11.6 Å². The quantitative estimate of drug-likeness (QED) is 0.819. The van der Waals surface area contributed by atoms with Gasteiger partial charge in [0.05, 0.1) is 0 Å². The van der Waals surface area contributed by atoms with Gasteiger partial charge in [0.15, 0.2) is 0 Å². The Kier molecular flexibility index (Phi) is 5.90. The topological polar surface area (TPSA) is 38.3 Å². The van der Waals surface area contributed by atoms with E-state index in [1.54, 1.807) is 18.2 Å². The van der Waals surface area contributed by atoms with Gasteiger partial charge >= 0.3 is 0 Å². The molecule has 0 unspecified atom stereocenters. The molecule has 1 amide bonds. The number of nitrogens with one attached hydrogen (secondary N) is 1. The molecule has 0 aromatic heterocycles. The fraction of sp³-hybridized carbons (Fsp3) is 0.188. The molecule has 2 aromatic rings. The Morgan fingerprint density at radius 1 is 1.14 bits per heavy atom. The predicted octanol–water partition coefficient (Wildman–Crippen LogP) is 3.89. The van der Waals surface area contributed by atoms with E-state index < -0.39 is 0 Å². The molecule has 0 saturated heterocycles. The Balaban J connectivity index is 1.97. The summed E-state index contributed by atoms with van der Waals surface area (Å²) in [5.41, 5.74) is 1.56. The first-order valence-electron chi connectivity index (χ1n) is 6.50. The molecule has 2 aromatic carbocycles. The molecule has 0 aliphatic rings. The van der Waals surface area contributed by atoms with E-state index in [4.69, 9.17) is 27.9 Å². The van der Waals surface area contributed by atoms with Crippen LogP contribution in [0.1, 0.15) is 15.9 Å². The van der Waals surface area contributed by atoms with Crippen molar-refractivity contribution in [3.05, 3.63) is 64.7 Å². The predicted molar refractivity (Wildman–Crippen MR) is 85.3 cm³/mol. The van der Waals surface area contributed by atoms with Crippen molar-refractivity contribution in [2.24, 2.45) is 0 Å². The molecule has 21 heavy (non-hydrogen) atoms. The maximum Gasteiger partial charge on any atom is 0.251 e. The average Bonchev–Trinajstić information content (AvgIpc) is 2.52. The number of hydrogen-bond donors (Lipinski definition) is 1. The van der Waals surface area contributed by atoms with Gasteiger partial charge in [-0.25, -0.2) is 0 Å². The summed E-state index contributed by atoms with van der Waals surface area (Å²) < 4.78 is 5.68. The minimum Gasteiger partial charge on any atom is -0.489 e. The minimum absolute atomic E-state index is 0.160. The molecular formula is C16H15Cl2NO2. The van der Waals surface area contributed by atoms with Crippen molar-refractivity contribution >= 4 is 29.1 Å². The maximum absolute atomic E-state index is 11.8. The third-order valence-electron chi connectivity index (χ3n) is 2.80. The van der Waals surface area contributed by atoms with E-state index in [-0.39, 0.29) is 5.91 Å². The summed E-state index contributed by atoms with van der Waals surface area (Å²) in [7, 11) is 0. The number of carbonyl (C=O) groups is 1. The summed E-state index contributed by atoms with van der Waals surface area (Å²) in [5.74, 6) is 0.870. The van der Waals surface area contributed by atoms with Crippen molar-refractivity contribution in [3.8, 4) is 5.75 Å². The summed E-state index contributed by atoms with van der Waals surface area (Å²) in [6.07, 6.45) is 0. The lowest BCUT2D eigenvalue weighted by Crippen LogP contribution is -2.25. The fourth-order valence-electron chi connectivity index (χ4n) is 1.74. The van der Waals surface area contributed by atoms with Crippen LogP contribution < -0.4 is 10.1 Å². The lowest BCUT2D eigenvalue weighted by Gasteiger charge is -2.08. The van der Waals surface area contributed by atoms with Crippen molar-refractivity contribution < 1.29 is 9.53 Å². The van der Waals surface area contributed by atoms with Crippen LogP contribution in [0.3, 0.4) is 0 Å². The number of ether oxygens (including phenoxy) is 1. The normalized spacial score (nSPS) is 10.2. The summed E-state index contributed by atoms with van der Waals surface area (Å²) in [6.45, 7) is 0.861. The fourth-order valence-corrected chi connectivity index (χ4v) is 1.96. The number of halogens is 2. The molecule has 5 heteroatoms. The van der Waals surface area contributed by atoms with Crippen LogP contribution in [-0.4, -0.2) is 18.3 Å². The Labute approximate surface area is 133 Å². The largest absolute Gasteiger partial charge is 0.489 e. The number of benzene rings is 2. The van der Waals surface area contributed by atoms with Crippen LogP contribution in [0.25, 0.3) is 0 Å². The number of hydrogen-bond acceptors (Lipinski definition) is 2. The molecular weight excluding hydrogens is 309 g/mol. The molecule has 0 saturated carbocycles. The van der Waals surface area contributed by atoms with E-state index >= 15 is 0 Å². The van der Waals surface area contributed by atoms with Crippen LogP contribution >= 0.6 is 23.2 Å². The molecule has 0 atom stereocenters. The Bertz CT molecular complexity index is 599. The van der Waals surface area contributed by atoms with Crippen LogP contribution in [0.2, 0.25) is 5.02 Å². The lowest BCUT2D eigenvalue weighted by molar-refractivity contribution is 0.0955. The molecule has 0 bridgehead atoms. The zero-order valence-corrected chi connectivity index (χ0v) is 12.8. The molecule has 0 aliphatic carbocycles. The molecule has 2 rings (SSSR count). The van der Waals surface area contributed by atoms with Crippen molar-refractivity contribution in [2.45, 2.75) is 6.61 Å². The van der Waals surface area contributed by atoms with Crippen molar-refractivity contribution in [1.29, 1.82) is 0 Å². The summed E-state index contributed by atoms with van der Waals surface area (Å²) >= 11 is 11.4. The van der Waals surface area contributed by atoms with Crippen LogP contribution in [0.5, 0.6) is 5.75 Å². The standard InChI is InChI=1S/C16H15Cl2NO2/c17-8-9-19-16(20)13-2-1-3-15(10-13)21-11-12-4-6-14(18)7-5-12/h1-7,10H,8-9,11H2,(H,19,20). The molecule has 3 nitrogen and oxygen atoms in total. The van der Waals surface area contributed by atoms with Crippen LogP contribution in [0.4, 0.5) is 0 Å². The maximum atomic E-state index is 11.8. The van der Waals surface area contributed by atoms with Crippen molar-refractivity contribution in [1.82, 2.24) is 5.32 Å². The third-order valence-corrected chi connectivity index (χ3v) is 3.24. The van der Waals surface area contributed by atoms with Gasteiger partial charge in [0.2, 0.25) is 0 Å². The summed E-state index contributed by atoms with van der Waals surface area (Å²) in [5, 5.41) is 3.41. The Morgan fingerprint density at radius 3 is 2.62 bits per heavy atom. The molecule has 0 spiro atoms. The highest BCUT2D eigenvalue weighted by Crippen LogP contribution is 2.16. The third kappa shape index (κ3) is 4.96. The molecule has 0 fully saturated rings. The van der Waals surface area contributed by atoms with Crippen LogP contribution in [0, 0.1) is 0 Å². The Morgan fingerprint density at radius 2 is 1.90 bits per heavy atom. The lowest BCUT2D eigenvalue weighted by atomic mass is 10.2. The van der Waals surface area contributed by atoms with Gasteiger partial charge in [0.1, 0.15) is 12.4 Å². The zero-order chi connectivity index (χ0) is 15.1. The first-order chi connectivity index (χ1) is 10.2. The van der Waals surface area contributed by atoms with Gasteiger partial charge in [-0.3, -0.25) is 4.79 Å². The second kappa shape index (κ2) is 7.91. The van der Waals surface area contributed by atoms with Gasteiger partial charge < -0.3 is 10.1 Å². The monoisotopic (exact) mass is 323 g/mol. The highest BCUT2D eigenvalue weighted by Gasteiger charge is 2.06. The second-order valence-electron chi connectivity index (χ2n) is 4.39. The molecule has 1 N–H and O–H groups in total. The number of alkyl halides is 1. The Hall–Kier alpha value is -1.71. The highest BCUT2D eigenvalue weighted by atomic mass is 35.5. The van der Waals surface area contributed by atoms with E-state index in [0.717, 1.165) is 5.56 Å². The van der Waals surface area contributed by atoms with Crippen LogP contribution in [0.15, 0.2) is 48.5 Å². The SMILES string of the molecule is O=C(NCCCl)c1cccc(OCc2ccc(Cl)cc2)c1. The second-order valence-corrected chi connectivity index (χ2v) is 5.20. The minimum atomic E-state index is -0.160. The van der Waals surface area contributed by atoms with E-state index in [1.165, 1.54) is 0 Å². The van der Waals surface area contributed by atoms with Gasteiger partial charge in [0.25, 0.3) is 5.91 Å². The van der Waals surface area contributed by atoms with Crippen molar-refractivity contribution in [2.75, 3.05) is 12.4 Å². The molecule has 0 heterocycles. The number of carbonyl (C=O) groups excluding carboxylic acids is 1. The zero-order valence-electron chi connectivity index (χ0n) is 11.3. The molecule has 0 radical (unpaired) electrons. The van der Waals surface area contributed by atoms with Gasteiger partial charge in [0, 0.05) is 23.0 Å². The smallest absolute Gasteiger partial charge is 0.251 e. The summed E-state index contributed by atoms with van der Waals surface area (Å²) in [6, 6.07) is 14.5. The van der Waals surface area contributed by atoms with Gasteiger partial charge in [-0.1, -0.05) is 29.8 Å². The van der Waals surface area contributed by atoms with E-state index in [1.807, 2.05) is 30.3 Å². The first kappa shape index (κ1) is 15.7. The summed E-state index contributed by atoms with van der Waals surface area (Å²) in [4.78, 5) is 11.8. The van der Waals surface area contributed by atoms with Crippen LogP contribution in [-0.2, 0) is 6.61 Å². The van der Waals surface area contributed by atoms with Gasteiger partial charge in [-0.05, 0) is 35.9 Å². The van der Waals surface area contributed by atoms with Gasteiger partial charge in [-0.2, -0.15) is 0 Å². The van der Waals surface area contributed by atoms with E-state index in [0.29, 0.717) is 35.4 Å².